The number of benzene rings is 9. The van der Waals surface area contributed by atoms with E-state index in [9.17, 15) is 0 Å². The third kappa shape index (κ3) is 5.52. The molecule has 294 valence electrons. The molecule has 0 spiro atoms. The number of rotatable bonds is 6. The summed E-state index contributed by atoms with van der Waals surface area (Å²) in [6.07, 6.45) is 0. The number of aromatic nitrogens is 5. The summed E-state index contributed by atoms with van der Waals surface area (Å²) < 4.78 is 7.28. The summed E-state index contributed by atoms with van der Waals surface area (Å²) in [5.41, 5.74) is 12.3. The topological polar surface area (TPSA) is 48.5 Å². The van der Waals surface area contributed by atoms with E-state index in [1.165, 1.54) is 70.2 Å². The standard InChI is InChI=1S/C57H35N5S/c1-4-18-36(19-5-1)55-58-56(37-20-6-2-7-21-37)60-57(59-55)45-30-15-29-44-51-40(26-16-35-50(51)63-54(44)45)42-28-14-27-41-39-24-10-12-31-46(39)62(53(41)42)49-34-17-33-48-52(49)43-25-11-13-32-47(43)61(48)38-22-8-3-9-23-38/h1-35H. The first kappa shape index (κ1) is 35.6. The van der Waals surface area contributed by atoms with Crippen LogP contribution >= 0.6 is 11.3 Å². The van der Waals surface area contributed by atoms with E-state index >= 15 is 0 Å². The SMILES string of the molecule is c1ccc(-c2nc(-c3ccccc3)nc(-c3cccc4c3sc3cccc(-c5cccc6c7ccccc7n(-c7cccc8c7c7ccccc7n8-c7ccccc7)c56)c34)n2)cc1. The molecule has 0 unspecified atom stereocenters. The van der Waals surface area contributed by atoms with Gasteiger partial charge in [0.25, 0.3) is 0 Å². The van der Waals surface area contributed by atoms with Crippen LogP contribution in [0, 0.1) is 0 Å². The molecule has 0 atom stereocenters. The molecule has 0 aliphatic carbocycles. The Morgan fingerprint density at radius 3 is 1.59 bits per heavy atom. The van der Waals surface area contributed by atoms with Gasteiger partial charge in [-0.2, -0.15) is 0 Å². The second-order valence-electron chi connectivity index (χ2n) is 15.9. The van der Waals surface area contributed by atoms with Gasteiger partial charge in [-0.05, 0) is 54.1 Å². The monoisotopic (exact) mass is 821 g/mol. The summed E-state index contributed by atoms with van der Waals surface area (Å²) in [5.74, 6) is 1.96. The van der Waals surface area contributed by atoms with Gasteiger partial charge < -0.3 is 9.13 Å². The molecular formula is C57H35N5S. The zero-order valence-electron chi connectivity index (χ0n) is 33.9. The zero-order chi connectivity index (χ0) is 41.4. The maximum Gasteiger partial charge on any atom is 0.165 e. The lowest BCUT2D eigenvalue weighted by atomic mass is 9.96. The van der Waals surface area contributed by atoms with Gasteiger partial charge >= 0.3 is 0 Å². The van der Waals surface area contributed by atoms with Crippen molar-refractivity contribution in [1.29, 1.82) is 0 Å². The Labute approximate surface area is 366 Å². The summed E-state index contributed by atoms with van der Waals surface area (Å²) >= 11 is 1.80. The number of para-hydroxylation sites is 4. The molecule has 9 aromatic carbocycles. The highest BCUT2D eigenvalue weighted by molar-refractivity contribution is 7.26. The van der Waals surface area contributed by atoms with Crippen LogP contribution in [-0.4, -0.2) is 24.1 Å². The molecule has 4 aromatic heterocycles. The molecule has 63 heavy (non-hydrogen) atoms. The van der Waals surface area contributed by atoms with Crippen molar-refractivity contribution >= 4 is 75.1 Å². The summed E-state index contributed by atoms with van der Waals surface area (Å²) in [7, 11) is 0. The van der Waals surface area contributed by atoms with Gasteiger partial charge in [-0.3, -0.25) is 0 Å². The largest absolute Gasteiger partial charge is 0.309 e. The van der Waals surface area contributed by atoms with Crippen molar-refractivity contribution in [1.82, 2.24) is 24.1 Å². The molecule has 0 aliphatic heterocycles. The number of hydrogen-bond donors (Lipinski definition) is 0. The van der Waals surface area contributed by atoms with Crippen molar-refractivity contribution in [2.45, 2.75) is 0 Å². The van der Waals surface area contributed by atoms with Gasteiger partial charge in [0, 0.05) is 69.7 Å². The van der Waals surface area contributed by atoms with Crippen LogP contribution in [0.1, 0.15) is 0 Å². The van der Waals surface area contributed by atoms with E-state index in [0.29, 0.717) is 17.5 Å². The molecule has 0 fully saturated rings. The highest BCUT2D eigenvalue weighted by Gasteiger charge is 2.24. The molecule has 0 bridgehead atoms. The van der Waals surface area contributed by atoms with E-state index < -0.39 is 0 Å². The zero-order valence-corrected chi connectivity index (χ0v) is 34.7. The summed E-state index contributed by atoms with van der Waals surface area (Å²) in [4.78, 5) is 15.3. The maximum atomic E-state index is 5.16. The molecule has 13 rings (SSSR count). The molecule has 0 aliphatic rings. The summed E-state index contributed by atoms with van der Waals surface area (Å²) in [5, 5.41) is 7.29. The number of hydrogen-bond acceptors (Lipinski definition) is 4. The third-order valence-electron chi connectivity index (χ3n) is 12.4. The molecule has 5 nitrogen and oxygen atoms in total. The minimum Gasteiger partial charge on any atom is -0.309 e. The minimum absolute atomic E-state index is 0.652. The summed E-state index contributed by atoms with van der Waals surface area (Å²) in [6.45, 7) is 0. The molecule has 6 heteroatoms. The van der Waals surface area contributed by atoms with Crippen LogP contribution in [0.25, 0.3) is 120 Å². The van der Waals surface area contributed by atoms with Crippen LogP contribution in [0.2, 0.25) is 0 Å². The van der Waals surface area contributed by atoms with Gasteiger partial charge in [-0.15, -0.1) is 11.3 Å². The van der Waals surface area contributed by atoms with Gasteiger partial charge in [-0.25, -0.2) is 15.0 Å². The van der Waals surface area contributed by atoms with E-state index in [0.717, 1.165) is 32.8 Å². The van der Waals surface area contributed by atoms with Crippen molar-refractivity contribution < 1.29 is 0 Å². The Balaban J connectivity index is 1.08. The van der Waals surface area contributed by atoms with Gasteiger partial charge in [0.05, 0.1) is 27.8 Å². The van der Waals surface area contributed by atoms with E-state index in [2.05, 4.69) is 185 Å². The average Bonchev–Trinajstić information content (AvgIpc) is 4.03. The van der Waals surface area contributed by atoms with Gasteiger partial charge in [0.15, 0.2) is 17.5 Å². The second kappa shape index (κ2) is 14.2. The molecule has 4 heterocycles. The third-order valence-corrected chi connectivity index (χ3v) is 13.6. The lowest BCUT2D eigenvalue weighted by molar-refractivity contribution is 1.08. The van der Waals surface area contributed by atoms with Crippen molar-refractivity contribution in [2.24, 2.45) is 0 Å². The van der Waals surface area contributed by atoms with Crippen LogP contribution in [0.5, 0.6) is 0 Å². The molecule has 13 aromatic rings. The van der Waals surface area contributed by atoms with Gasteiger partial charge in [-0.1, -0.05) is 164 Å². The molecule has 0 N–H and O–H groups in total. The number of fused-ring (bicyclic) bond motifs is 9. The van der Waals surface area contributed by atoms with Crippen molar-refractivity contribution in [3.05, 3.63) is 212 Å². The Bertz CT molecular complexity index is 3850. The van der Waals surface area contributed by atoms with E-state index in [-0.39, 0.29) is 0 Å². The Morgan fingerprint density at radius 1 is 0.333 bits per heavy atom. The van der Waals surface area contributed by atoms with Crippen LogP contribution in [0.3, 0.4) is 0 Å². The molecule has 0 saturated heterocycles. The maximum absolute atomic E-state index is 5.16. The Kier molecular flexibility index (Phi) is 8.01. The van der Waals surface area contributed by atoms with E-state index in [4.69, 9.17) is 15.0 Å². The lowest BCUT2D eigenvalue weighted by Gasteiger charge is -2.14. The lowest BCUT2D eigenvalue weighted by Crippen LogP contribution is -2.00. The first-order chi connectivity index (χ1) is 31.3. The van der Waals surface area contributed by atoms with Crippen LogP contribution in [0.15, 0.2) is 212 Å². The predicted molar refractivity (Wildman–Crippen MR) is 263 cm³/mol. The fourth-order valence-corrected chi connectivity index (χ4v) is 10.9. The number of nitrogens with zero attached hydrogens (tertiary/aromatic N) is 5. The quantitative estimate of drug-likeness (QED) is 0.168. The van der Waals surface area contributed by atoms with E-state index in [1.807, 2.05) is 36.4 Å². The van der Waals surface area contributed by atoms with Crippen LogP contribution in [-0.2, 0) is 0 Å². The van der Waals surface area contributed by atoms with Gasteiger partial charge in [0.1, 0.15) is 0 Å². The smallest absolute Gasteiger partial charge is 0.165 e. The number of thiophene rings is 1. The fourth-order valence-electron chi connectivity index (χ4n) is 9.71. The molecule has 0 amide bonds. The Hall–Kier alpha value is -8.19. The van der Waals surface area contributed by atoms with E-state index in [1.54, 1.807) is 11.3 Å². The Morgan fingerprint density at radius 2 is 0.857 bits per heavy atom. The van der Waals surface area contributed by atoms with Crippen molar-refractivity contribution in [3.63, 3.8) is 0 Å². The van der Waals surface area contributed by atoms with Gasteiger partial charge in [0.2, 0.25) is 0 Å². The van der Waals surface area contributed by atoms with Crippen molar-refractivity contribution in [2.75, 3.05) is 0 Å². The molecule has 0 saturated carbocycles. The second-order valence-corrected chi connectivity index (χ2v) is 17.0. The minimum atomic E-state index is 0.652. The molecular weight excluding hydrogens is 787 g/mol. The van der Waals surface area contributed by atoms with Crippen LogP contribution < -0.4 is 0 Å². The average molecular weight is 822 g/mol. The summed E-state index contributed by atoms with van der Waals surface area (Å²) in [6, 6.07) is 75.6. The first-order valence-electron chi connectivity index (χ1n) is 21.2. The predicted octanol–water partition coefficient (Wildman–Crippen LogP) is 15.1. The first-order valence-corrected chi connectivity index (χ1v) is 22.0. The highest BCUT2D eigenvalue weighted by atomic mass is 32.1. The van der Waals surface area contributed by atoms with Crippen LogP contribution in [0.4, 0.5) is 0 Å². The van der Waals surface area contributed by atoms with Crippen molar-refractivity contribution in [3.8, 4) is 56.7 Å². The normalized spacial score (nSPS) is 11.8. The molecule has 0 radical (unpaired) electrons. The fraction of sp³-hybridized carbons (Fsp3) is 0. The highest BCUT2D eigenvalue weighted by Crippen LogP contribution is 2.47.